The van der Waals surface area contributed by atoms with E-state index >= 15 is 0 Å². The molecule has 14 heteroatoms. The summed E-state index contributed by atoms with van der Waals surface area (Å²) in [5.41, 5.74) is 0.0587. The van der Waals surface area contributed by atoms with Gasteiger partial charge < -0.3 is 19.9 Å². The highest BCUT2D eigenvalue weighted by Crippen LogP contribution is 2.16. The molecule has 2 N–H and O–H groups in total. The number of aromatic nitrogens is 6. The van der Waals surface area contributed by atoms with E-state index in [1.54, 1.807) is 28.8 Å². The van der Waals surface area contributed by atoms with Gasteiger partial charge in [0.1, 0.15) is 10.8 Å². The van der Waals surface area contributed by atoms with Crippen LogP contribution in [0.2, 0.25) is 0 Å². The van der Waals surface area contributed by atoms with Gasteiger partial charge in [0.25, 0.3) is 11.5 Å². The second-order valence-electron chi connectivity index (χ2n) is 7.85. The fourth-order valence-electron chi connectivity index (χ4n) is 3.52. The van der Waals surface area contributed by atoms with Gasteiger partial charge in [-0.05, 0) is 18.2 Å². The molecule has 0 aliphatic heterocycles. The van der Waals surface area contributed by atoms with E-state index in [-0.39, 0.29) is 35.9 Å². The van der Waals surface area contributed by atoms with Gasteiger partial charge in [-0.25, -0.2) is 9.78 Å². The lowest BCUT2D eigenvalue weighted by molar-refractivity contribution is -0.116. The van der Waals surface area contributed by atoms with Gasteiger partial charge in [0.15, 0.2) is 11.2 Å². The third-order valence-corrected chi connectivity index (χ3v) is 6.36. The second-order valence-corrected chi connectivity index (χ2v) is 8.91. The van der Waals surface area contributed by atoms with Crippen molar-refractivity contribution in [1.29, 1.82) is 0 Å². The number of imidazole rings is 1. The summed E-state index contributed by atoms with van der Waals surface area (Å²) >= 11 is 1.21. The van der Waals surface area contributed by atoms with Crippen LogP contribution < -0.4 is 26.6 Å². The molecule has 0 bridgehead atoms. The lowest BCUT2D eigenvalue weighted by Gasteiger charge is -2.06. The van der Waals surface area contributed by atoms with Gasteiger partial charge in [-0.15, -0.1) is 10.2 Å². The van der Waals surface area contributed by atoms with Crippen molar-refractivity contribution in [2.24, 2.45) is 14.1 Å². The van der Waals surface area contributed by atoms with Gasteiger partial charge in [-0.2, -0.15) is 0 Å². The number of anilines is 1. The van der Waals surface area contributed by atoms with E-state index in [2.05, 4.69) is 25.8 Å². The number of rotatable bonds is 9. The SMILES string of the molecule is COc1cccc(C(=O)NCCc2nnc(NC(=O)CCn3cnc4c3c(=O)n(C)c(=O)n4C)s2)c1. The molecule has 3 aromatic heterocycles. The Bertz CT molecular complexity index is 1550. The van der Waals surface area contributed by atoms with E-state index in [0.717, 1.165) is 4.57 Å². The van der Waals surface area contributed by atoms with Crippen LogP contribution in [0.1, 0.15) is 21.8 Å². The fraction of sp³-hybridized carbons (Fsp3) is 0.318. The van der Waals surface area contributed by atoms with E-state index in [4.69, 9.17) is 4.74 Å². The monoisotopic (exact) mass is 512 g/mol. The Kier molecular flexibility index (Phi) is 7.24. The van der Waals surface area contributed by atoms with E-state index in [9.17, 15) is 19.2 Å². The zero-order valence-corrected chi connectivity index (χ0v) is 20.7. The van der Waals surface area contributed by atoms with Crippen LogP contribution in [0.5, 0.6) is 5.75 Å². The molecular formula is C22H24N8O5S. The molecule has 188 valence electrons. The number of hydrogen-bond acceptors (Lipinski definition) is 9. The maximum Gasteiger partial charge on any atom is 0.332 e. The minimum Gasteiger partial charge on any atom is -0.497 e. The summed E-state index contributed by atoms with van der Waals surface area (Å²) in [7, 11) is 4.46. The molecule has 4 aromatic rings. The lowest BCUT2D eigenvalue weighted by Crippen LogP contribution is -2.37. The van der Waals surface area contributed by atoms with E-state index in [1.165, 1.54) is 43.4 Å². The number of nitrogens with zero attached hydrogens (tertiary/aromatic N) is 6. The summed E-state index contributed by atoms with van der Waals surface area (Å²) in [6.07, 6.45) is 1.94. The standard InChI is InChI=1S/C22H24N8O5S/c1-28-18-17(20(33)29(2)22(28)34)30(12-24-18)10-8-15(31)25-21-27-26-16(36-21)7-9-23-19(32)13-5-4-6-14(11-13)35-3/h4-6,11-12H,7-10H2,1-3H3,(H,23,32)(H,25,27,31). The van der Waals surface area contributed by atoms with Crippen LogP contribution in [0.25, 0.3) is 11.2 Å². The average molecular weight is 513 g/mol. The van der Waals surface area contributed by atoms with Crippen LogP contribution in [0.3, 0.4) is 0 Å². The number of hydrogen-bond donors (Lipinski definition) is 2. The summed E-state index contributed by atoms with van der Waals surface area (Å²) in [5, 5.41) is 14.5. The molecule has 3 heterocycles. The molecule has 1 aromatic carbocycles. The molecule has 2 amide bonds. The van der Waals surface area contributed by atoms with E-state index < -0.39 is 11.2 Å². The first kappa shape index (κ1) is 24.8. The Morgan fingerprint density at radius 1 is 1.14 bits per heavy atom. The summed E-state index contributed by atoms with van der Waals surface area (Å²) in [4.78, 5) is 53.4. The van der Waals surface area contributed by atoms with Crippen molar-refractivity contribution in [3.63, 3.8) is 0 Å². The number of ether oxygens (including phenoxy) is 1. The first-order valence-electron chi connectivity index (χ1n) is 10.9. The van der Waals surface area contributed by atoms with Crippen molar-refractivity contribution in [3.05, 3.63) is 62.0 Å². The van der Waals surface area contributed by atoms with Crippen molar-refractivity contribution >= 4 is 39.4 Å². The van der Waals surface area contributed by atoms with Gasteiger partial charge in [-0.1, -0.05) is 17.4 Å². The first-order chi connectivity index (χ1) is 17.3. The fourth-order valence-corrected chi connectivity index (χ4v) is 4.28. The van der Waals surface area contributed by atoms with Gasteiger partial charge in [0.05, 0.1) is 13.4 Å². The number of aryl methyl sites for hydroxylation is 2. The Balaban J connectivity index is 1.29. The third-order valence-electron chi connectivity index (χ3n) is 5.47. The molecule has 0 radical (unpaired) electrons. The van der Waals surface area contributed by atoms with Crippen LogP contribution in [0.4, 0.5) is 5.13 Å². The number of methoxy groups -OCH3 is 1. The molecule has 36 heavy (non-hydrogen) atoms. The van der Waals surface area contributed by atoms with Crippen molar-refractivity contribution in [2.45, 2.75) is 19.4 Å². The van der Waals surface area contributed by atoms with Crippen LogP contribution in [-0.2, 0) is 31.9 Å². The molecule has 0 aliphatic carbocycles. The van der Waals surface area contributed by atoms with Crippen LogP contribution in [0, 0.1) is 0 Å². The summed E-state index contributed by atoms with van der Waals surface area (Å²) in [5.74, 6) is 0.0582. The molecule has 0 unspecified atom stereocenters. The van der Waals surface area contributed by atoms with Crippen molar-refractivity contribution in [2.75, 3.05) is 19.0 Å². The zero-order chi connectivity index (χ0) is 25.8. The average Bonchev–Trinajstić information content (AvgIpc) is 3.51. The number of carbonyl (C=O) groups is 2. The molecule has 0 fully saturated rings. The topological polar surface area (TPSA) is 155 Å². The third kappa shape index (κ3) is 5.17. The Hall–Kier alpha value is -4.33. The number of amides is 2. The minimum atomic E-state index is -0.474. The molecule has 13 nitrogen and oxygen atoms in total. The largest absolute Gasteiger partial charge is 0.497 e. The normalized spacial score (nSPS) is 11.0. The molecule has 0 saturated heterocycles. The summed E-state index contributed by atoms with van der Waals surface area (Å²) in [6.45, 7) is 0.543. The highest BCUT2D eigenvalue weighted by molar-refractivity contribution is 7.15. The van der Waals surface area contributed by atoms with E-state index in [1.807, 2.05) is 0 Å². The van der Waals surface area contributed by atoms with Crippen molar-refractivity contribution in [3.8, 4) is 5.75 Å². The Morgan fingerprint density at radius 3 is 2.72 bits per heavy atom. The number of benzene rings is 1. The molecule has 0 aliphatic rings. The number of nitrogens with one attached hydrogen (secondary N) is 2. The van der Waals surface area contributed by atoms with Crippen LogP contribution in [0.15, 0.2) is 40.2 Å². The van der Waals surface area contributed by atoms with Gasteiger partial charge in [0.2, 0.25) is 11.0 Å². The molecule has 4 rings (SSSR count). The summed E-state index contributed by atoms with van der Waals surface area (Å²) < 4.78 is 8.96. The predicted octanol–water partition coefficient (Wildman–Crippen LogP) is 0.295. The van der Waals surface area contributed by atoms with Crippen LogP contribution in [-0.4, -0.2) is 54.4 Å². The minimum absolute atomic E-state index is 0.0585. The van der Waals surface area contributed by atoms with Crippen LogP contribution >= 0.6 is 11.3 Å². The van der Waals surface area contributed by atoms with Gasteiger partial charge in [0, 0.05) is 45.6 Å². The van der Waals surface area contributed by atoms with Crippen molar-refractivity contribution in [1.82, 2.24) is 34.2 Å². The van der Waals surface area contributed by atoms with Gasteiger partial charge in [-0.3, -0.25) is 23.5 Å². The van der Waals surface area contributed by atoms with E-state index in [0.29, 0.717) is 34.4 Å². The highest BCUT2D eigenvalue weighted by Gasteiger charge is 2.15. The quantitative estimate of drug-likeness (QED) is 0.324. The Morgan fingerprint density at radius 2 is 1.94 bits per heavy atom. The highest BCUT2D eigenvalue weighted by atomic mass is 32.1. The molecule has 0 saturated carbocycles. The predicted molar refractivity (Wildman–Crippen MR) is 132 cm³/mol. The maximum absolute atomic E-state index is 12.5. The first-order valence-corrected chi connectivity index (χ1v) is 11.8. The second kappa shape index (κ2) is 10.5. The van der Waals surface area contributed by atoms with Gasteiger partial charge >= 0.3 is 5.69 Å². The molecule has 0 atom stereocenters. The van der Waals surface area contributed by atoms with Crippen molar-refractivity contribution < 1.29 is 14.3 Å². The smallest absolute Gasteiger partial charge is 0.332 e. The lowest BCUT2D eigenvalue weighted by atomic mass is 10.2. The molecular weight excluding hydrogens is 488 g/mol. The summed E-state index contributed by atoms with van der Waals surface area (Å²) in [6, 6.07) is 6.85. The molecule has 0 spiro atoms. The Labute approximate surface area is 208 Å². The zero-order valence-electron chi connectivity index (χ0n) is 19.8. The maximum atomic E-state index is 12.5. The number of fused-ring (bicyclic) bond motifs is 1. The number of carbonyl (C=O) groups excluding carboxylic acids is 2.